The smallest absolute Gasteiger partial charge is 0.226 e. The zero-order chi connectivity index (χ0) is 9.42. The number of rotatable bonds is 2. The van der Waals surface area contributed by atoms with Gasteiger partial charge < -0.3 is 4.90 Å². The highest BCUT2D eigenvalue weighted by Crippen LogP contribution is 2.57. The molecule has 2 saturated carbocycles. The van der Waals surface area contributed by atoms with Gasteiger partial charge in [0.1, 0.15) is 0 Å². The number of nitrogens with zero attached hydrogens (tertiary/aromatic N) is 1. The fraction of sp³-hybridized carbons (Fsp3) is 0.727. The standard InChI is InChI=1S/C11H15NO/c1-3-7-12(2)11(13)10-8-5-4-6-9(8)10/h1,8-10H,4-7H2,2H3. The lowest BCUT2D eigenvalue weighted by molar-refractivity contribution is -0.131. The Kier molecular flexibility index (Phi) is 2.03. The number of amides is 1. The minimum atomic E-state index is 0.271. The first-order valence-corrected chi connectivity index (χ1v) is 4.94. The van der Waals surface area contributed by atoms with Gasteiger partial charge >= 0.3 is 0 Å². The van der Waals surface area contributed by atoms with Crippen LogP contribution in [-0.2, 0) is 4.79 Å². The summed E-state index contributed by atoms with van der Waals surface area (Å²) in [6.45, 7) is 0.453. The maximum absolute atomic E-state index is 11.7. The van der Waals surface area contributed by atoms with Gasteiger partial charge in [-0.05, 0) is 24.7 Å². The van der Waals surface area contributed by atoms with Crippen molar-refractivity contribution in [3.63, 3.8) is 0 Å². The van der Waals surface area contributed by atoms with E-state index in [1.165, 1.54) is 19.3 Å². The summed E-state index contributed by atoms with van der Waals surface area (Å²) in [7, 11) is 1.80. The molecule has 0 bridgehead atoms. The van der Waals surface area contributed by atoms with E-state index in [2.05, 4.69) is 5.92 Å². The van der Waals surface area contributed by atoms with E-state index >= 15 is 0 Å². The molecule has 0 aromatic heterocycles. The average molecular weight is 177 g/mol. The molecule has 13 heavy (non-hydrogen) atoms. The van der Waals surface area contributed by atoms with E-state index in [9.17, 15) is 4.79 Å². The predicted molar refractivity (Wildman–Crippen MR) is 50.8 cm³/mol. The highest BCUT2D eigenvalue weighted by Gasteiger charge is 2.57. The van der Waals surface area contributed by atoms with E-state index in [1.54, 1.807) is 11.9 Å². The summed E-state index contributed by atoms with van der Waals surface area (Å²) in [6, 6.07) is 0. The third-order valence-corrected chi connectivity index (χ3v) is 3.40. The van der Waals surface area contributed by atoms with Crippen LogP contribution in [0.25, 0.3) is 0 Å². The lowest BCUT2D eigenvalue weighted by Gasteiger charge is -2.14. The number of fused-ring (bicyclic) bond motifs is 1. The van der Waals surface area contributed by atoms with Crippen LogP contribution in [0.15, 0.2) is 0 Å². The Morgan fingerprint density at radius 3 is 2.69 bits per heavy atom. The normalized spacial score (nSPS) is 34.9. The van der Waals surface area contributed by atoms with E-state index < -0.39 is 0 Å². The number of carbonyl (C=O) groups is 1. The molecule has 2 aliphatic carbocycles. The molecule has 2 aliphatic rings. The summed E-state index contributed by atoms with van der Waals surface area (Å²) < 4.78 is 0. The Balaban J connectivity index is 1.89. The SMILES string of the molecule is C#CCN(C)C(=O)C1C2CCCC21. The molecule has 2 atom stereocenters. The lowest BCUT2D eigenvalue weighted by atomic mass is 10.1. The maximum atomic E-state index is 11.7. The molecule has 0 N–H and O–H groups in total. The van der Waals surface area contributed by atoms with Gasteiger partial charge in [0.25, 0.3) is 0 Å². The second-order valence-electron chi connectivity index (χ2n) is 4.18. The van der Waals surface area contributed by atoms with Crippen molar-refractivity contribution in [2.75, 3.05) is 13.6 Å². The summed E-state index contributed by atoms with van der Waals surface area (Å²) in [4.78, 5) is 13.4. The summed E-state index contributed by atoms with van der Waals surface area (Å²) in [6.07, 6.45) is 8.99. The van der Waals surface area contributed by atoms with Crippen molar-refractivity contribution >= 4 is 5.91 Å². The number of terminal acetylenes is 1. The largest absolute Gasteiger partial charge is 0.334 e. The Hall–Kier alpha value is -0.970. The molecular formula is C11H15NO. The molecule has 2 unspecified atom stereocenters. The van der Waals surface area contributed by atoms with E-state index in [0.29, 0.717) is 24.3 Å². The van der Waals surface area contributed by atoms with Crippen LogP contribution < -0.4 is 0 Å². The van der Waals surface area contributed by atoms with Gasteiger partial charge in [0.05, 0.1) is 6.54 Å². The second kappa shape index (κ2) is 3.06. The van der Waals surface area contributed by atoms with Gasteiger partial charge in [-0.25, -0.2) is 0 Å². The van der Waals surface area contributed by atoms with Gasteiger partial charge in [0.2, 0.25) is 5.91 Å². The molecule has 0 radical (unpaired) electrons. The van der Waals surface area contributed by atoms with E-state index in [4.69, 9.17) is 6.42 Å². The quantitative estimate of drug-likeness (QED) is 0.579. The first-order chi connectivity index (χ1) is 6.25. The number of hydrogen-bond acceptors (Lipinski definition) is 1. The molecule has 0 aromatic carbocycles. The molecule has 0 saturated heterocycles. The number of hydrogen-bond donors (Lipinski definition) is 0. The zero-order valence-corrected chi connectivity index (χ0v) is 7.99. The minimum Gasteiger partial charge on any atom is -0.334 e. The molecule has 0 aromatic rings. The number of carbonyl (C=O) groups excluding carboxylic acids is 1. The molecule has 1 amide bonds. The van der Waals surface area contributed by atoms with Crippen LogP contribution in [0.2, 0.25) is 0 Å². The van der Waals surface area contributed by atoms with Crippen molar-refractivity contribution in [2.45, 2.75) is 19.3 Å². The van der Waals surface area contributed by atoms with E-state index in [-0.39, 0.29) is 5.91 Å². The van der Waals surface area contributed by atoms with Crippen LogP contribution in [0.3, 0.4) is 0 Å². The maximum Gasteiger partial charge on any atom is 0.226 e. The first kappa shape index (κ1) is 8.62. The van der Waals surface area contributed by atoms with Crippen LogP contribution in [0.1, 0.15) is 19.3 Å². The molecule has 70 valence electrons. The molecule has 2 fully saturated rings. The summed E-state index contributed by atoms with van der Waals surface area (Å²) in [5, 5.41) is 0. The van der Waals surface area contributed by atoms with Crippen molar-refractivity contribution in [1.29, 1.82) is 0 Å². The Morgan fingerprint density at radius 2 is 2.15 bits per heavy atom. The van der Waals surface area contributed by atoms with Gasteiger partial charge in [-0.15, -0.1) is 6.42 Å². The highest BCUT2D eigenvalue weighted by molar-refractivity contribution is 5.82. The average Bonchev–Trinajstić information content (AvgIpc) is 2.58. The molecule has 2 heteroatoms. The molecule has 0 aliphatic heterocycles. The molecule has 0 spiro atoms. The molecule has 0 heterocycles. The van der Waals surface area contributed by atoms with Crippen LogP contribution in [0, 0.1) is 30.1 Å². The van der Waals surface area contributed by atoms with Gasteiger partial charge in [-0.3, -0.25) is 4.79 Å². The molecule has 2 nitrogen and oxygen atoms in total. The minimum absolute atomic E-state index is 0.271. The Bertz CT molecular complexity index is 256. The fourth-order valence-electron chi connectivity index (χ4n) is 2.66. The summed E-state index contributed by atoms with van der Waals surface area (Å²) in [5.74, 6) is 4.50. The van der Waals surface area contributed by atoms with E-state index in [0.717, 1.165) is 0 Å². The van der Waals surface area contributed by atoms with Gasteiger partial charge in [0.15, 0.2) is 0 Å². The fourth-order valence-corrected chi connectivity index (χ4v) is 2.66. The van der Waals surface area contributed by atoms with Crippen molar-refractivity contribution in [3.05, 3.63) is 0 Å². The summed E-state index contributed by atoms with van der Waals surface area (Å²) in [5.41, 5.74) is 0. The van der Waals surface area contributed by atoms with Crippen LogP contribution in [0.5, 0.6) is 0 Å². The highest BCUT2D eigenvalue weighted by atomic mass is 16.2. The monoisotopic (exact) mass is 177 g/mol. The van der Waals surface area contributed by atoms with Crippen LogP contribution >= 0.6 is 0 Å². The predicted octanol–water partition coefficient (Wildman–Crippen LogP) is 1.12. The van der Waals surface area contributed by atoms with Crippen LogP contribution in [-0.4, -0.2) is 24.4 Å². The van der Waals surface area contributed by atoms with Gasteiger partial charge in [-0.1, -0.05) is 12.3 Å². The van der Waals surface area contributed by atoms with Gasteiger partial charge in [-0.2, -0.15) is 0 Å². The third-order valence-electron chi connectivity index (χ3n) is 3.40. The van der Waals surface area contributed by atoms with Crippen molar-refractivity contribution < 1.29 is 4.79 Å². The van der Waals surface area contributed by atoms with Crippen molar-refractivity contribution in [3.8, 4) is 12.3 Å². The van der Waals surface area contributed by atoms with Crippen LogP contribution in [0.4, 0.5) is 0 Å². The van der Waals surface area contributed by atoms with Crippen molar-refractivity contribution in [1.82, 2.24) is 4.90 Å². The Labute approximate surface area is 79.3 Å². The molecular weight excluding hydrogens is 162 g/mol. The Morgan fingerprint density at radius 1 is 1.54 bits per heavy atom. The first-order valence-electron chi connectivity index (χ1n) is 4.94. The van der Waals surface area contributed by atoms with Gasteiger partial charge in [0, 0.05) is 13.0 Å². The van der Waals surface area contributed by atoms with Crippen molar-refractivity contribution in [2.24, 2.45) is 17.8 Å². The molecule has 2 rings (SSSR count). The van der Waals surface area contributed by atoms with E-state index in [1.807, 2.05) is 0 Å². The zero-order valence-electron chi connectivity index (χ0n) is 7.99. The third kappa shape index (κ3) is 1.33. The second-order valence-corrected chi connectivity index (χ2v) is 4.18. The topological polar surface area (TPSA) is 20.3 Å². The summed E-state index contributed by atoms with van der Waals surface area (Å²) >= 11 is 0. The lowest BCUT2D eigenvalue weighted by Crippen LogP contribution is -2.29.